The van der Waals surface area contributed by atoms with Gasteiger partial charge in [0.2, 0.25) is 0 Å². The number of alkyl halides is 3. The second kappa shape index (κ2) is 5.81. The molecule has 24 heavy (non-hydrogen) atoms. The first-order valence-corrected chi connectivity index (χ1v) is 7.20. The van der Waals surface area contributed by atoms with E-state index in [4.69, 9.17) is 0 Å². The second-order valence-electron chi connectivity index (χ2n) is 5.53. The van der Waals surface area contributed by atoms with E-state index in [9.17, 15) is 22.4 Å². The minimum absolute atomic E-state index is 0.229. The Balaban J connectivity index is 1.78. The summed E-state index contributed by atoms with van der Waals surface area (Å²) in [5, 5.41) is 0. The van der Waals surface area contributed by atoms with Crippen LogP contribution in [-0.2, 0) is 6.54 Å². The number of amides is 1. The molecule has 1 aliphatic rings. The number of hydrogen-bond donors (Lipinski definition) is 0. The lowest BCUT2D eigenvalue weighted by atomic mass is 10.1. The Hall–Kier alpha value is -2.57. The standard InChI is InChI=1S/C17H13F4NO2/c1-10(11-2-5-14(6-3-11)24-17(19,20)21)22-9-12-8-13(18)4-7-15(12)16(22)23/h2-8,10H,9H2,1H3/t10-/m0/s1. The molecule has 126 valence electrons. The van der Waals surface area contributed by atoms with Gasteiger partial charge in [-0.25, -0.2) is 4.39 Å². The van der Waals surface area contributed by atoms with Crippen LogP contribution in [-0.4, -0.2) is 17.2 Å². The fourth-order valence-corrected chi connectivity index (χ4v) is 2.75. The third kappa shape index (κ3) is 3.20. The predicted molar refractivity (Wildman–Crippen MR) is 77.8 cm³/mol. The normalized spacial score (nSPS) is 15.4. The first kappa shape index (κ1) is 16.3. The van der Waals surface area contributed by atoms with E-state index in [0.717, 1.165) is 0 Å². The zero-order chi connectivity index (χ0) is 17.5. The first-order chi connectivity index (χ1) is 11.2. The van der Waals surface area contributed by atoms with Gasteiger partial charge in [0, 0.05) is 12.1 Å². The number of fused-ring (bicyclic) bond motifs is 1. The van der Waals surface area contributed by atoms with Gasteiger partial charge in [-0.1, -0.05) is 12.1 Å². The number of nitrogens with zero attached hydrogens (tertiary/aromatic N) is 1. The number of benzene rings is 2. The molecule has 0 spiro atoms. The summed E-state index contributed by atoms with van der Waals surface area (Å²) in [6.07, 6.45) is -4.75. The Morgan fingerprint density at radius 3 is 2.42 bits per heavy atom. The summed E-state index contributed by atoms with van der Waals surface area (Å²) in [4.78, 5) is 14.0. The van der Waals surface area contributed by atoms with Gasteiger partial charge >= 0.3 is 6.36 Å². The predicted octanol–water partition coefficient (Wildman–Crippen LogP) is 4.44. The van der Waals surface area contributed by atoms with E-state index in [2.05, 4.69) is 4.74 Å². The fourth-order valence-electron chi connectivity index (χ4n) is 2.75. The van der Waals surface area contributed by atoms with Gasteiger partial charge in [0.25, 0.3) is 5.91 Å². The molecule has 0 saturated heterocycles. The van der Waals surface area contributed by atoms with Crippen molar-refractivity contribution in [3.05, 3.63) is 65.0 Å². The van der Waals surface area contributed by atoms with Crippen LogP contribution in [0.4, 0.5) is 17.6 Å². The number of halogens is 4. The van der Waals surface area contributed by atoms with Gasteiger partial charge in [0.1, 0.15) is 11.6 Å². The summed E-state index contributed by atoms with van der Waals surface area (Å²) >= 11 is 0. The highest BCUT2D eigenvalue weighted by Gasteiger charge is 2.33. The molecule has 0 unspecified atom stereocenters. The smallest absolute Gasteiger partial charge is 0.406 e. The van der Waals surface area contributed by atoms with Crippen LogP contribution in [0.2, 0.25) is 0 Å². The lowest BCUT2D eigenvalue weighted by Gasteiger charge is -2.25. The molecule has 7 heteroatoms. The molecule has 0 aromatic heterocycles. The quantitative estimate of drug-likeness (QED) is 0.774. The molecule has 3 nitrogen and oxygen atoms in total. The highest BCUT2D eigenvalue weighted by atomic mass is 19.4. The monoisotopic (exact) mass is 339 g/mol. The lowest BCUT2D eigenvalue weighted by Crippen LogP contribution is -2.27. The van der Waals surface area contributed by atoms with Crippen molar-refractivity contribution in [2.45, 2.75) is 25.9 Å². The Morgan fingerprint density at radius 1 is 1.12 bits per heavy atom. The Kier molecular flexibility index (Phi) is 3.95. The van der Waals surface area contributed by atoms with Crippen LogP contribution in [0.25, 0.3) is 0 Å². The van der Waals surface area contributed by atoms with Crippen molar-refractivity contribution < 1.29 is 27.1 Å². The zero-order valence-electron chi connectivity index (χ0n) is 12.6. The number of ether oxygens (including phenoxy) is 1. The van der Waals surface area contributed by atoms with Crippen molar-refractivity contribution in [1.29, 1.82) is 0 Å². The molecule has 1 atom stereocenters. The molecule has 0 radical (unpaired) electrons. The number of hydrogen-bond acceptors (Lipinski definition) is 2. The van der Waals surface area contributed by atoms with Crippen LogP contribution in [0.5, 0.6) is 5.75 Å². The molecule has 0 N–H and O–H groups in total. The number of carbonyl (C=O) groups is 1. The van der Waals surface area contributed by atoms with Gasteiger partial charge in [-0.15, -0.1) is 13.2 Å². The summed E-state index contributed by atoms with van der Waals surface area (Å²) in [5.74, 6) is -0.964. The van der Waals surface area contributed by atoms with Crippen molar-refractivity contribution in [3.63, 3.8) is 0 Å². The molecule has 0 fully saturated rings. The molecule has 2 aromatic rings. The molecule has 1 amide bonds. The van der Waals surface area contributed by atoms with Crippen LogP contribution in [0.1, 0.15) is 34.5 Å². The lowest BCUT2D eigenvalue weighted by molar-refractivity contribution is -0.274. The maximum atomic E-state index is 13.3. The summed E-state index contributed by atoms with van der Waals surface area (Å²) in [6.45, 7) is 2.02. The number of rotatable bonds is 3. The van der Waals surface area contributed by atoms with Gasteiger partial charge in [-0.2, -0.15) is 0 Å². The van der Waals surface area contributed by atoms with Crippen LogP contribution >= 0.6 is 0 Å². The minimum atomic E-state index is -4.75. The maximum Gasteiger partial charge on any atom is 0.573 e. The van der Waals surface area contributed by atoms with E-state index in [0.29, 0.717) is 16.7 Å². The molecule has 3 rings (SSSR count). The van der Waals surface area contributed by atoms with Crippen LogP contribution in [0, 0.1) is 5.82 Å². The molecule has 0 aliphatic carbocycles. The van der Waals surface area contributed by atoms with E-state index in [1.54, 1.807) is 11.8 Å². The van der Waals surface area contributed by atoms with E-state index in [1.165, 1.54) is 42.5 Å². The average Bonchev–Trinajstić information content (AvgIpc) is 2.82. The summed E-state index contributed by atoms with van der Waals surface area (Å²) < 4.78 is 53.6. The van der Waals surface area contributed by atoms with E-state index in [1.807, 2.05) is 0 Å². The van der Waals surface area contributed by atoms with Crippen molar-refractivity contribution in [3.8, 4) is 5.75 Å². The summed E-state index contributed by atoms with van der Waals surface area (Å²) in [5.41, 5.74) is 1.70. The molecule has 0 saturated carbocycles. The molecule has 0 bridgehead atoms. The van der Waals surface area contributed by atoms with E-state index < -0.39 is 12.2 Å². The van der Waals surface area contributed by atoms with Crippen LogP contribution in [0.15, 0.2) is 42.5 Å². The van der Waals surface area contributed by atoms with Gasteiger partial charge in [0.15, 0.2) is 0 Å². The van der Waals surface area contributed by atoms with Crippen LogP contribution in [0.3, 0.4) is 0 Å². The maximum absolute atomic E-state index is 13.3. The Labute approximate surface area is 135 Å². The SMILES string of the molecule is C[C@@H](c1ccc(OC(F)(F)F)cc1)N1Cc2cc(F)ccc2C1=O. The van der Waals surface area contributed by atoms with Crippen molar-refractivity contribution in [1.82, 2.24) is 4.90 Å². The summed E-state index contributed by atoms with van der Waals surface area (Å²) in [6, 6.07) is 8.98. The van der Waals surface area contributed by atoms with E-state index in [-0.39, 0.29) is 24.2 Å². The van der Waals surface area contributed by atoms with Crippen LogP contribution < -0.4 is 4.74 Å². The third-order valence-electron chi connectivity index (χ3n) is 3.96. The number of carbonyl (C=O) groups excluding carboxylic acids is 1. The Morgan fingerprint density at radius 2 is 1.79 bits per heavy atom. The molecule has 2 aromatic carbocycles. The molecule has 1 heterocycles. The summed E-state index contributed by atoms with van der Waals surface area (Å²) in [7, 11) is 0. The van der Waals surface area contributed by atoms with Crippen molar-refractivity contribution >= 4 is 5.91 Å². The molecular weight excluding hydrogens is 326 g/mol. The fraction of sp³-hybridized carbons (Fsp3) is 0.235. The van der Waals surface area contributed by atoms with Gasteiger partial charge in [-0.05, 0) is 48.4 Å². The topological polar surface area (TPSA) is 29.5 Å². The average molecular weight is 339 g/mol. The second-order valence-corrected chi connectivity index (χ2v) is 5.53. The van der Waals surface area contributed by atoms with Gasteiger partial charge in [-0.3, -0.25) is 4.79 Å². The van der Waals surface area contributed by atoms with Gasteiger partial charge < -0.3 is 9.64 Å². The van der Waals surface area contributed by atoms with E-state index >= 15 is 0 Å². The highest BCUT2D eigenvalue weighted by molar-refractivity contribution is 5.98. The Bertz CT molecular complexity index is 771. The first-order valence-electron chi connectivity index (χ1n) is 7.20. The van der Waals surface area contributed by atoms with Gasteiger partial charge in [0.05, 0.1) is 6.04 Å². The largest absolute Gasteiger partial charge is 0.573 e. The van der Waals surface area contributed by atoms with Crippen molar-refractivity contribution in [2.24, 2.45) is 0 Å². The van der Waals surface area contributed by atoms with Crippen molar-refractivity contribution in [2.75, 3.05) is 0 Å². The molecular formula is C17H13F4NO2. The molecule has 1 aliphatic heterocycles. The third-order valence-corrected chi connectivity index (χ3v) is 3.96. The zero-order valence-corrected chi connectivity index (χ0v) is 12.6. The minimum Gasteiger partial charge on any atom is -0.406 e. The highest BCUT2D eigenvalue weighted by Crippen LogP contribution is 2.32.